The number of nitrogens with zero attached hydrogens (tertiary/aromatic N) is 1. The van der Waals surface area contributed by atoms with Gasteiger partial charge in [-0.1, -0.05) is 53.6 Å². The van der Waals surface area contributed by atoms with Crippen LogP contribution < -0.4 is 5.32 Å². The largest absolute Gasteiger partial charge is 0.351 e. The number of amides is 1. The first kappa shape index (κ1) is 22.9. The predicted octanol–water partition coefficient (Wildman–Crippen LogP) is 4.29. The Morgan fingerprint density at radius 3 is 2.13 bits per heavy atom. The van der Waals surface area contributed by atoms with Crippen LogP contribution in [0, 0.1) is 12.7 Å². The molecule has 0 atom stereocenters. The Hall–Kier alpha value is -2.74. The Labute approximate surface area is 186 Å². The molecular weight excluding hydrogens is 439 g/mol. The van der Waals surface area contributed by atoms with Crippen LogP contribution in [0.25, 0.3) is 0 Å². The van der Waals surface area contributed by atoms with Gasteiger partial charge < -0.3 is 5.32 Å². The van der Waals surface area contributed by atoms with Crippen molar-refractivity contribution in [1.29, 1.82) is 0 Å². The molecule has 31 heavy (non-hydrogen) atoms. The lowest BCUT2D eigenvalue weighted by atomic mass is 10.2. The molecule has 1 N–H and O–H groups in total. The molecule has 0 aliphatic heterocycles. The van der Waals surface area contributed by atoms with Crippen molar-refractivity contribution in [3.8, 4) is 0 Å². The van der Waals surface area contributed by atoms with Crippen molar-refractivity contribution in [2.24, 2.45) is 0 Å². The summed E-state index contributed by atoms with van der Waals surface area (Å²) in [4.78, 5) is 12.7. The summed E-state index contributed by atoms with van der Waals surface area (Å²) in [6.45, 7) is 1.68. The number of benzene rings is 3. The second-order valence-electron chi connectivity index (χ2n) is 7.12. The van der Waals surface area contributed by atoms with E-state index in [9.17, 15) is 17.6 Å². The Morgan fingerprint density at radius 2 is 1.52 bits per heavy atom. The van der Waals surface area contributed by atoms with E-state index in [0.717, 1.165) is 9.87 Å². The van der Waals surface area contributed by atoms with Crippen molar-refractivity contribution in [3.05, 3.63) is 100 Å². The first-order valence-corrected chi connectivity index (χ1v) is 11.4. The zero-order valence-corrected chi connectivity index (χ0v) is 18.5. The van der Waals surface area contributed by atoms with Crippen LogP contribution in [0.3, 0.4) is 0 Å². The van der Waals surface area contributed by atoms with Gasteiger partial charge in [0.15, 0.2) is 0 Å². The number of nitrogens with one attached hydrogen (secondary N) is 1. The molecule has 8 heteroatoms. The molecule has 0 aliphatic carbocycles. The van der Waals surface area contributed by atoms with E-state index in [1.54, 1.807) is 48.5 Å². The fourth-order valence-corrected chi connectivity index (χ4v) is 4.41. The number of hydrogen-bond acceptors (Lipinski definition) is 3. The number of hydrogen-bond donors (Lipinski definition) is 1. The second-order valence-corrected chi connectivity index (χ2v) is 9.49. The van der Waals surface area contributed by atoms with E-state index in [0.29, 0.717) is 16.1 Å². The molecular formula is C23H22ClFN2O3S. The lowest BCUT2D eigenvalue weighted by Gasteiger charge is -2.22. The monoisotopic (exact) mass is 460 g/mol. The Kier molecular flexibility index (Phi) is 7.43. The van der Waals surface area contributed by atoms with Crippen molar-refractivity contribution in [2.45, 2.75) is 24.9 Å². The predicted molar refractivity (Wildman–Crippen MR) is 118 cm³/mol. The molecule has 0 unspecified atom stereocenters. The lowest BCUT2D eigenvalue weighted by molar-refractivity contribution is -0.121. The maximum atomic E-state index is 13.2. The van der Waals surface area contributed by atoms with Gasteiger partial charge in [-0.25, -0.2) is 12.8 Å². The highest BCUT2D eigenvalue weighted by Crippen LogP contribution is 2.20. The van der Waals surface area contributed by atoms with Crippen LogP contribution >= 0.6 is 11.6 Å². The fourth-order valence-electron chi connectivity index (χ4n) is 2.90. The minimum Gasteiger partial charge on any atom is -0.351 e. The molecule has 3 aromatic rings. The first-order valence-electron chi connectivity index (χ1n) is 9.56. The third kappa shape index (κ3) is 6.37. The Morgan fingerprint density at radius 1 is 0.935 bits per heavy atom. The van der Waals surface area contributed by atoms with E-state index in [2.05, 4.69) is 5.32 Å². The number of rotatable bonds is 8. The molecule has 0 saturated carbocycles. The summed E-state index contributed by atoms with van der Waals surface area (Å²) in [5.41, 5.74) is 2.34. The van der Waals surface area contributed by atoms with Crippen molar-refractivity contribution in [1.82, 2.24) is 9.62 Å². The van der Waals surface area contributed by atoms with Crippen LogP contribution in [0.1, 0.15) is 16.7 Å². The number of carbonyl (C=O) groups is 1. The first-order chi connectivity index (χ1) is 14.7. The van der Waals surface area contributed by atoms with E-state index >= 15 is 0 Å². The molecule has 0 aliphatic rings. The highest BCUT2D eigenvalue weighted by atomic mass is 35.5. The third-order valence-electron chi connectivity index (χ3n) is 4.65. The quantitative estimate of drug-likeness (QED) is 0.545. The molecule has 5 nitrogen and oxygen atoms in total. The van der Waals surface area contributed by atoms with E-state index in [-0.39, 0.29) is 30.3 Å². The van der Waals surface area contributed by atoms with Crippen molar-refractivity contribution >= 4 is 27.5 Å². The maximum Gasteiger partial charge on any atom is 0.243 e. The third-order valence-corrected chi connectivity index (χ3v) is 6.71. The van der Waals surface area contributed by atoms with E-state index < -0.39 is 15.9 Å². The number of carbonyl (C=O) groups excluding carboxylic acids is 1. The highest BCUT2D eigenvalue weighted by molar-refractivity contribution is 7.89. The average Bonchev–Trinajstić information content (AvgIpc) is 2.74. The summed E-state index contributed by atoms with van der Waals surface area (Å²) in [6.07, 6.45) is 0. The summed E-state index contributed by atoms with van der Waals surface area (Å²) in [6, 6.07) is 19.0. The van der Waals surface area contributed by atoms with Gasteiger partial charge in [0.1, 0.15) is 5.82 Å². The van der Waals surface area contributed by atoms with E-state index in [1.807, 2.05) is 6.92 Å². The van der Waals surface area contributed by atoms with E-state index in [4.69, 9.17) is 11.6 Å². The van der Waals surface area contributed by atoms with Gasteiger partial charge in [-0.3, -0.25) is 4.79 Å². The second kappa shape index (κ2) is 10.0. The zero-order chi connectivity index (χ0) is 22.4. The molecule has 3 aromatic carbocycles. The summed E-state index contributed by atoms with van der Waals surface area (Å²) >= 11 is 5.92. The Bertz CT molecular complexity index is 1130. The molecule has 0 heterocycles. The summed E-state index contributed by atoms with van der Waals surface area (Å²) in [5.74, 6) is -0.831. The van der Waals surface area contributed by atoms with Crippen LogP contribution in [0.2, 0.25) is 5.02 Å². The highest BCUT2D eigenvalue weighted by Gasteiger charge is 2.27. The van der Waals surface area contributed by atoms with Crippen LogP contribution in [0.5, 0.6) is 0 Å². The summed E-state index contributed by atoms with van der Waals surface area (Å²) in [5, 5.41) is 3.22. The molecule has 162 valence electrons. The fraction of sp³-hybridized carbons (Fsp3) is 0.174. The topological polar surface area (TPSA) is 66.5 Å². The maximum absolute atomic E-state index is 13.2. The van der Waals surface area contributed by atoms with Gasteiger partial charge in [0.25, 0.3) is 0 Å². The van der Waals surface area contributed by atoms with Gasteiger partial charge in [0, 0.05) is 18.1 Å². The molecule has 0 fully saturated rings. The molecule has 0 spiro atoms. The number of halogens is 2. The normalized spacial score (nSPS) is 11.5. The van der Waals surface area contributed by atoms with Crippen LogP contribution in [0.15, 0.2) is 77.7 Å². The molecule has 1 amide bonds. The van der Waals surface area contributed by atoms with Gasteiger partial charge in [-0.05, 0) is 54.4 Å². The van der Waals surface area contributed by atoms with Crippen LogP contribution in [0.4, 0.5) is 4.39 Å². The van der Waals surface area contributed by atoms with Gasteiger partial charge in [0.05, 0.1) is 11.4 Å². The van der Waals surface area contributed by atoms with Gasteiger partial charge in [-0.15, -0.1) is 0 Å². The molecule has 0 bridgehead atoms. The van der Waals surface area contributed by atoms with Gasteiger partial charge in [-0.2, -0.15) is 4.31 Å². The average molecular weight is 461 g/mol. The van der Waals surface area contributed by atoms with Gasteiger partial charge >= 0.3 is 0 Å². The molecule has 0 saturated heterocycles. The molecule has 0 radical (unpaired) electrons. The Balaban J connectivity index is 1.79. The molecule has 3 rings (SSSR count). The smallest absolute Gasteiger partial charge is 0.243 e. The lowest BCUT2D eigenvalue weighted by Crippen LogP contribution is -2.40. The SMILES string of the molecule is Cc1ccc(S(=O)(=O)N(CC(=O)NCc2ccc(F)cc2)Cc2ccc(Cl)cc2)cc1. The van der Waals surface area contributed by atoms with Gasteiger partial charge in [0.2, 0.25) is 15.9 Å². The number of aryl methyl sites for hydroxylation is 1. The van der Waals surface area contributed by atoms with Crippen molar-refractivity contribution < 1.29 is 17.6 Å². The van der Waals surface area contributed by atoms with E-state index in [1.165, 1.54) is 24.3 Å². The molecule has 0 aromatic heterocycles. The standard InChI is InChI=1S/C23H22ClFN2O3S/c1-17-2-12-22(13-3-17)31(29,30)27(15-19-4-8-20(24)9-5-19)16-23(28)26-14-18-6-10-21(25)11-7-18/h2-13H,14-16H2,1H3,(H,26,28). The van der Waals surface area contributed by atoms with Crippen LogP contribution in [-0.4, -0.2) is 25.2 Å². The van der Waals surface area contributed by atoms with Crippen molar-refractivity contribution in [2.75, 3.05) is 6.54 Å². The zero-order valence-electron chi connectivity index (χ0n) is 16.9. The number of sulfonamides is 1. The minimum absolute atomic E-state index is 0.0113. The minimum atomic E-state index is -3.92. The van der Waals surface area contributed by atoms with Crippen molar-refractivity contribution in [3.63, 3.8) is 0 Å². The van der Waals surface area contributed by atoms with Crippen LogP contribution in [-0.2, 0) is 27.9 Å². The summed E-state index contributed by atoms with van der Waals surface area (Å²) in [7, 11) is -3.92. The summed E-state index contributed by atoms with van der Waals surface area (Å²) < 4.78 is 40.6.